The maximum absolute atomic E-state index is 9.87. The number of nitrogens with one attached hydrogen (secondary N) is 1. The molecule has 1 fully saturated rings. The van der Waals surface area contributed by atoms with Crippen LogP contribution in [0.15, 0.2) is 12.7 Å². The van der Waals surface area contributed by atoms with Crippen molar-refractivity contribution in [1.82, 2.24) is 19.5 Å². The molecule has 5 atom stereocenters. The Hall–Kier alpha value is -1.89. The van der Waals surface area contributed by atoms with Gasteiger partial charge in [-0.2, -0.15) is 0 Å². The van der Waals surface area contributed by atoms with Crippen LogP contribution in [0, 0.1) is 0 Å². The SMILES string of the molecule is OC[C@H](O)[C@@H](O)CNc1ncnc2c1ncn2[C@H]1C[C@H](O)[C@@H](CO)O1. The van der Waals surface area contributed by atoms with E-state index < -0.39 is 37.3 Å². The first-order chi connectivity index (χ1) is 12.0. The molecule has 3 heterocycles. The van der Waals surface area contributed by atoms with E-state index in [1.54, 1.807) is 4.57 Å². The summed E-state index contributed by atoms with van der Waals surface area (Å²) in [5.74, 6) is 0.352. The molecule has 11 nitrogen and oxygen atoms in total. The van der Waals surface area contributed by atoms with Crippen LogP contribution in [0.25, 0.3) is 11.2 Å². The average molecular weight is 355 g/mol. The summed E-state index contributed by atoms with van der Waals surface area (Å²) in [6, 6.07) is 0. The van der Waals surface area contributed by atoms with Gasteiger partial charge < -0.3 is 35.6 Å². The van der Waals surface area contributed by atoms with E-state index >= 15 is 0 Å². The molecule has 2 aromatic heterocycles. The molecule has 138 valence electrons. The molecule has 0 aromatic carbocycles. The van der Waals surface area contributed by atoms with E-state index in [2.05, 4.69) is 20.3 Å². The molecule has 0 saturated carbocycles. The van der Waals surface area contributed by atoms with E-state index in [0.717, 1.165) is 0 Å². The van der Waals surface area contributed by atoms with Crippen LogP contribution in [0.3, 0.4) is 0 Å². The summed E-state index contributed by atoms with van der Waals surface area (Å²) in [5.41, 5.74) is 0.893. The molecule has 1 saturated heterocycles. The number of fused-ring (bicyclic) bond motifs is 1. The molecular weight excluding hydrogens is 334 g/mol. The molecule has 0 bridgehead atoms. The Kier molecular flexibility index (Phi) is 5.42. The maximum atomic E-state index is 9.87. The lowest BCUT2D eigenvalue weighted by Crippen LogP contribution is -2.35. The second-order valence-electron chi connectivity index (χ2n) is 5.86. The van der Waals surface area contributed by atoms with Crippen LogP contribution in [0.1, 0.15) is 12.6 Å². The number of aliphatic hydroxyl groups excluding tert-OH is 5. The van der Waals surface area contributed by atoms with Gasteiger partial charge in [0, 0.05) is 13.0 Å². The van der Waals surface area contributed by atoms with Crippen molar-refractivity contribution in [3.8, 4) is 0 Å². The maximum Gasteiger partial charge on any atom is 0.167 e. The zero-order chi connectivity index (χ0) is 18.0. The number of hydrogen-bond acceptors (Lipinski definition) is 10. The molecule has 1 aliphatic heterocycles. The summed E-state index contributed by atoms with van der Waals surface area (Å²) in [6.45, 7) is -0.868. The molecule has 0 amide bonds. The second kappa shape index (κ2) is 7.56. The van der Waals surface area contributed by atoms with Crippen molar-refractivity contribution >= 4 is 17.0 Å². The Morgan fingerprint density at radius 2 is 2.04 bits per heavy atom. The first-order valence-electron chi connectivity index (χ1n) is 7.88. The third-order valence-electron chi connectivity index (χ3n) is 4.16. The quantitative estimate of drug-likeness (QED) is 0.315. The van der Waals surface area contributed by atoms with Crippen molar-refractivity contribution in [1.29, 1.82) is 0 Å². The van der Waals surface area contributed by atoms with E-state index in [4.69, 9.17) is 9.84 Å². The van der Waals surface area contributed by atoms with Gasteiger partial charge in [0.05, 0.1) is 31.7 Å². The van der Waals surface area contributed by atoms with Gasteiger partial charge in [0.15, 0.2) is 17.0 Å². The standard InChI is InChI=1S/C14H21N5O6/c20-3-9(24)8(23)2-15-13-12-14(17-5-16-13)19(6-18-12)11-1-7(22)10(4-21)25-11/h5-11,20-24H,1-4H2,(H,15,16,17)/t7-,8-,9-,10+,11+/m0/s1. The van der Waals surface area contributed by atoms with Crippen molar-refractivity contribution < 1.29 is 30.3 Å². The van der Waals surface area contributed by atoms with Gasteiger partial charge in [-0.3, -0.25) is 4.57 Å². The minimum absolute atomic E-state index is 0.0358. The van der Waals surface area contributed by atoms with Crippen molar-refractivity contribution in [3.05, 3.63) is 12.7 Å². The van der Waals surface area contributed by atoms with Crippen LogP contribution in [-0.4, -0.2) is 89.2 Å². The van der Waals surface area contributed by atoms with Crippen LogP contribution in [0.2, 0.25) is 0 Å². The summed E-state index contributed by atoms with van der Waals surface area (Å²) in [4.78, 5) is 12.5. The Balaban J connectivity index is 1.79. The molecule has 0 radical (unpaired) electrons. The Bertz CT molecular complexity index is 712. The predicted molar refractivity (Wildman–Crippen MR) is 84.5 cm³/mol. The monoisotopic (exact) mass is 355 g/mol. The second-order valence-corrected chi connectivity index (χ2v) is 5.86. The number of rotatable bonds is 7. The lowest BCUT2D eigenvalue weighted by atomic mass is 10.2. The summed E-state index contributed by atoms with van der Waals surface area (Å²) in [6.07, 6.45) is -1.26. The first kappa shape index (κ1) is 17.9. The van der Waals surface area contributed by atoms with E-state index in [9.17, 15) is 20.4 Å². The van der Waals surface area contributed by atoms with Gasteiger partial charge >= 0.3 is 0 Å². The summed E-state index contributed by atoms with van der Waals surface area (Å²) < 4.78 is 7.24. The highest BCUT2D eigenvalue weighted by atomic mass is 16.5. The van der Waals surface area contributed by atoms with Crippen LogP contribution in [0.4, 0.5) is 5.82 Å². The molecule has 25 heavy (non-hydrogen) atoms. The molecule has 11 heteroatoms. The van der Waals surface area contributed by atoms with Gasteiger partial charge in [-0.25, -0.2) is 15.0 Å². The van der Waals surface area contributed by atoms with E-state index in [-0.39, 0.29) is 13.2 Å². The van der Waals surface area contributed by atoms with Gasteiger partial charge in [-0.05, 0) is 0 Å². The fraction of sp³-hybridized carbons (Fsp3) is 0.643. The molecule has 3 rings (SSSR count). The zero-order valence-electron chi connectivity index (χ0n) is 13.3. The Morgan fingerprint density at radius 3 is 2.72 bits per heavy atom. The molecule has 2 aromatic rings. The lowest BCUT2D eigenvalue weighted by molar-refractivity contribution is -0.0432. The van der Waals surface area contributed by atoms with E-state index in [0.29, 0.717) is 23.4 Å². The zero-order valence-corrected chi connectivity index (χ0v) is 13.3. The van der Waals surface area contributed by atoms with Crippen LogP contribution in [0.5, 0.6) is 0 Å². The largest absolute Gasteiger partial charge is 0.394 e. The summed E-state index contributed by atoms with van der Waals surface area (Å²) >= 11 is 0. The lowest BCUT2D eigenvalue weighted by Gasteiger charge is -2.16. The third kappa shape index (κ3) is 3.56. The van der Waals surface area contributed by atoms with E-state index in [1.165, 1.54) is 12.7 Å². The highest BCUT2D eigenvalue weighted by Crippen LogP contribution is 2.31. The highest BCUT2D eigenvalue weighted by molar-refractivity contribution is 5.82. The Morgan fingerprint density at radius 1 is 1.24 bits per heavy atom. The normalized spacial score (nSPS) is 26.0. The fourth-order valence-corrected chi connectivity index (χ4v) is 2.70. The predicted octanol–water partition coefficient (Wildman–Crippen LogP) is -2.41. The van der Waals surface area contributed by atoms with Crippen molar-refractivity contribution in [2.75, 3.05) is 25.1 Å². The average Bonchev–Trinajstić information content (AvgIpc) is 3.22. The van der Waals surface area contributed by atoms with Gasteiger partial charge in [0.2, 0.25) is 0 Å². The van der Waals surface area contributed by atoms with Crippen LogP contribution in [-0.2, 0) is 4.74 Å². The highest BCUT2D eigenvalue weighted by Gasteiger charge is 2.35. The van der Waals surface area contributed by atoms with Crippen molar-refractivity contribution in [2.45, 2.75) is 37.1 Å². The van der Waals surface area contributed by atoms with Gasteiger partial charge in [-0.1, -0.05) is 0 Å². The summed E-state index contributed by atoms with van der Waals surface area (Å²) in [7, 11) is 0. The molecule has 0 unspecified atom stereocenters. The number of nitrogens with zero attached hydrogens (tertiary/aromatic N) is 4. The minimum Gasteiger partial charge on any atom is -0.394 e. The number of aliphatic hydroxyl groups is 5. The molecule has 1 aliphatic rings. The van der Waals surface area contributed by atoms with Crippen molar-refractivity contribution in [3.63, 3.8) is 0 Å². The van der Waals surface area contributed by atoms with Crippen LogP contribution < -0.4 is 5.32 Å². The summed E-state index contributed by atoms with van der Waals surface area (Å²) in [5, 5.41) is 49.8. The molecule has 0 spiro atoms. The number of ether oxygens (including phenoxy) is 1. The van der Waals surface area contributed by atoms with Gasteiger partial charge in [0.25, 0.3) is 0 Å². The number of aromatic nitrogens is 4. The fourth-order valence-electron chi connectivity index (χ4n) is 2.70. The molecular formula is C14H21N5O6. The molecule has 6 N–H and O–H groups in total. The minimum atomic E-state index is -1.26. The number of anilines is 1. The number of hydrogen-bond donors (Lipinski definition) is 6. The number of imidazole rings is 1. The topological polar surface area (TPSA) is 166 Å². The third-order valence-corrected chi connectivity index (χ3v) is 4.16. The smallest absolute Gasteiger partial charge is 0.167 e. The Labute approximate surface area is 142 Å². The van der Waals surface area contributed by atoms with Crippen molar-refractivity contribution in [2.24, 2.45) is 0 Å². The van der Waals surface area contributed by atoms with Crippen LogP contribution >= 0.6 is 0 Å². The van der Waals surface area contributed by atoms with Gasteiger partial charge in [-0.15, -0.1) is 0 Å². The van der Waals surface area contributed by atoms with E-state index in [1.807, 2.05) is 0 Å². The molecule has 0 aliphatic carbocycles. The first-order valence-corrected chi connectivity index (χ1v) is 7.88. The van der Waals surface area contributed by atoms with Gasteiger partial charge in [0.1, 0.15) is 24.8 Å².